The summed E-state index contributed by atoms with van der Waals surface area (Å²) in [6.07, 6.45) is 3.81. The number of nitrogens with zero attached hydrogens (tertiary/aromatic N) is 2. The van der Waals surface area contributed by atoms with Crippen LogP contribution in [0.2, 0.25) is 0 Å². The number of hydrogen-bond donors (Lipinski definition) is 2. The van der Waals surface area contributed by atoms with E-state index in [1.165, 1.54) is 6.07 Å². The van der Waals surface area contributed by atoms with Crippen molar-refractivity contribution < 1.29 is 13.6 Å². The van der Waals surface area contributed by atoms with Gasteiger partial charge in [-0.05, 0) is 37.6 Å². The van der Waals surface area contributed by atoms with E-state index in [1.54, 1.807) is 16.9 Å². The molecule has 1 aliphatic rings. The normalized spacial score (nSPS) is 17.4. The first-order chi connectivity index (χ1) is 10.6. The Morgan fingerprint density at radius 2 is 2.17 bits per heavy atom. The molecule has 2 aromatic rings. The van der Waals surface area contributed by atoms with Crippen LogP contribution in [0.1, 0.15) is 29.4 Å². The highest BCUT2D eigenvalue weighted by atomic mass is 35.5. The van der Waals surface area contributed by atoms with Crippen LogP contribution in [-0.4, -0.2) is 28.8 Å². The number of carbonyl (C=O) groups is 1. The highest BCUT2D eigenvalue weighted by molar-refractivity contribution is 6.02. The lowest BCUT2D eigenvalue weighted by Crippen LogP contribution is -2.32. The maximum Gasteiger partial charge on any atom is 0.276 e. The second kappa shape index (κ2) is 7.52. The number of amides is 1. The Labute approximate surface area is 138 Å². The van der Waals surface area contributed by atoms with Crippen LogP contribution in [0.4, 0.5) is 14.5 Å². The van der Waals surface area contributed by atoms with Gasteiger partial charge in [0.05, 0.1) is 11.7 Å². The Balaban J connectivity index is 0.00000192. The molecule has 1 aromatic carbocycles. The van der Waals surface area contributed by atoms with E-state index in [9.17, 15) is 13.6 Å². The van der Waals surface area contributed by atoms with Gasteiger partial charge in [-0.25, -0.2) is 8.78 Å². The van der Waals surface area contributed by atoms with Gasteiger partial charge >= 0.3 is 0 Å². The van der Waals surface area contributed by atoms with Crippen molar-refractivity contribution in [3.8, 4) is 0 Å². The minimum atomic E-state index is -0.815. The van der Waals surface area contributed by atoms with Crippen molar-refractivity contribution >= 4 is 24.0 Å². The summed E-state index contributed by atoms with van der Waals surface area (Å²) in [7, 11) is 0. The topological polar surface area (TPSA) is 59.0 Å². The van der Waals surface area contributed by atoms with Crippen molar-refractivity contribution in [3.05, 3.63) is 47.8 Å². The molecule has 1 amide bonds. The van der Waals surface area contributed by atoms with E-state index >= 15 is 0 Å². The molecule has 5 nitrogen and oxygen atoms in total. The van der Waals surface area contributed by atoms with E-state index in [1.807, 2.05) is 0 Å². The third-order valence-corrected chi connectivity index (χ3v) is 3.67. The zero-order chi connectivity index (χ0) is 15.5. The smallest absolute Gasteiger partial charge is 0.276 e. The largest absolute Gasteiger partial charge is 0.318 e. The van der Waals surface area contributed by atoms with E-state index in [0.29, 0.717) is 0 Å². The molecule has 23 heavy (non-hydrogen) atoms. The van der Waals surface area contributed by atoms with Crippen molar-refractivity contribution in [3.63, 3.8) is 0 Å². The average Bonchev–Trinajstić information content (AvgIpc) is 3.01. The molecule has 3 rings (SSSR count). The molecular formula is C15H17ClF2N4O. The molecule has 1 saturated heterocycles. The number of anilines is 1. The van der Waals surface area contributed by atoms with Crippen LogP contribution in [-0.2, 0) is 0 Å². The summed E-state index contributed by atoms with van der Waals surface area (Å²) >= 11 is 0. The van der Waals surface area contributed by atoms with Crippen LogP contribution in [0.5, 0.6) is 0 Å². The molecular weight excluding hydrogens is 326 g/mol. The van der Waals surface area contributed by atoms with Gasteiger partial charge in [0, 0.05) is 18.8 Å². The molecule has 0 spiro atoms. The Kier molecular flexibility index (Phi) is 5.68. The van der Waals surface area contributed by atoms with Crippen LogP contribution in [0.25, 0.3) is 0 Å². The Morgan fingerprint density at radius 1 is 1.35 bits per heavy atom. The second-order valence-electron chi connectivity index (χ2n) is 5.26. The minimum Gasteiger partial charge on any atom is -0.318 e. The Morgan fingerprint density at radius 3 is 2.87 bits per heavy atom. The predicted molar refractivity (Wildman–Crippen MR) is 84.9 cm³/mol. The van der Waals surface area contributed by atoms with Gasteiger partial charge in [0.2, 0.25) is 0 Å². The molecule has 1 atom stereocenters. The first-order valence-corrected chi connectivity index (χ1v) is 7.16. The second-order valence-corrected chi connectivity index (χ2v) is 5.26. The summed E-state index contributed by atoms with van der Waals surface area (Å²) < 4.78 is 28.1. The molecule has 0 radical (unpaired) electrons. The SMILES string of the molecule is Cl.O=C(Nc1ccc(F)cc1F)c1ccn(C2CCCNC2)n1. The monoisotopic (exact) mass is 342 g/mol. The van der Waals surface area contributed by atoms with Gasteiger partial charge in [-0.15, -0.1) is 12.4 Å². The Bertz CT molecular complexity index is 686. The number of piperidine rings is 1. The molecule has 1 aromatic heterocycles. The molecule has 8 heteroatoms. The standard InChI is InChI=1S/C15H16F2N4O.ClH/c16-10-3-4-13(12(17)8-10)19-15(22)14-5-7-21(20-14)11-2-1-6-18-9-11;/h3-5,7-8,11,18H,1-2,6,9H2,(H,19,22);1H. The lowest BCUT2D eigenvalue weighted by atomic mass is 10.1. The zero-order valence-electron chi connectivity index (χ0n) is 12.3. The minimum absolute atomic E-state index is 0. The van der Waals surface area contributed by atoms with E-state index in [-0.39, 0.29) is 29.8 Å². The molecule has 2 N–H and O–H groups in total. The van der Waals surface area contributed by atoms with Crippen LogP contribution in [0.15, 0.2) is 30.5 Å². The third-order valence-electron chi connectivity index (χ3n) is 3.67. The summed E-state index contributed by atoms with van der Waals surface area (Å²) in [6.45, 7) is 1.81. The van der Waals surface area contributed by atoms with Gasteiger partial charge in [0.15, 0.2) is 5.69 Å². The van der Waals surface area contributed by atoms with Gasteiger partial charge in [-0.1, -0.05) is 0 Å². The number of rotatable bonds is 3. The molecule has 1 aliphatic heterocycles. The van der Waals surface area contributed by atoms with Crippen molar-refractivity contribution in [1.29, 1.82) is 0 Å². The zero-order valence-corrected chi connectivity index (χ0v) is 13.1. The van der Waals surface area contributed by atoms with E-state index in [4.69, 9.17) is 0 Å². The van der Waals surface area contributed by atoms with Gasteiger partial charge in [-0.2, -0.15) is 5.10 Å². The molecule has 2 heterocycles. The summed E-state index contributed by atoms with van der Waals surface area (Å²) in [5.41, 5.74) is 0.134. The maximum atomic E-state index is 13.5. The van der Waals surface area contributed by atoms with E-state index in [0.717, 1.165) is 38.1 Å². The molecule has 0 bridgehead atoms. The number of hydrogen-bond acceptors (Lipinski definition) is 3. The first-order valence-electron chi connectivity index (χ1n) is 7.16. The van der Waals surface area contributed by atoms with Crippen LogP contribution < -0.4 is 10.6 Å². The number of nitrogens with one attached hydrogen (secondary N) is 2. The molecule has 124 valence electrons. The summed E-state index contributed by atoms with van der Waals surface area (Å²) in [4.78, 5) is 12.1. The highest BCUT2D eigenvalue weighted by Gasteiger charge is 2.18. The summed E-state index contributed by atoms with van der Waals surface area (Å²) in [5, 5.41) is 9.92. The average molecular weight is 343 g/mol. The fraction of sp³-hybridized carbons (Fsp3) is 0.333. The number of benzene rings is 1. The number of aromatic nitrogens is 2. The predicted octanol–water partition coefficient (Wildman–Crippen LogP) is 2.76. The molecule has 0 saturated carbocycles. The number of carbonyl (C=O) groups excluding carboxylic acids is 1. The van der Waals surface area contributed by atoms with Crippen LogP contribution >= 0.6 is 12.4 Å². The molecule has 1 fully saturated rings. The van der Waals surface area contributed by atoms with Crippen LogP contribution in [0.3, 0.4) is 0 Å². The van der Waals surface area contributed by atoms with Crippen molar-refractivity contribution in [1.82, 2.24) is 15.1 Å². The van der Waals surface area contributed by atoms with Crippen LogP contribution in [0, 0.1) is 11.6 Å². The lowest BCUT2D eigenvalue weighted by molar-refractivity contribution is 0.102. The van der Waals surface area contributed by atoms with Crippen molar-refractivity contribution in [2.45, 2.75) is 18.9 Å². The van der Waals surface area contributed by atoms with Gasteiger partial charge in [-0.3, -0.25) is 9.48 Å². The summed E-state index contributed by atoms with van der Waals surface area (Å²) in [6, 6.07) is 4.81. The fourth-order valence-corrected chi connectivity index (χ4v) is 2.50. The Hall–Kier alpha value is -1.99. The quantitative estimate of drug-likeness (QED) is 0.901. The van der Waals surface area contributed by atoms with Gasteiger partial charge < -0.3 is 10.6 Å². The highest BCUT2D eigenvalue weighted by Crippen LogP contribution is 2.18. The van der Waals surface area contributed by atoms with Gasteiger partial charge in [0.1, 0.15) is 11.6 Å². The van der Waals surface area contributed by atoms with E-state index in [2.05, 4.69) is 15.7 Å². The third kappa shape index (κ3) is 4.05. The lowest BCUT2D eigenvalue weighted by Gasteiger charge is -2.22. The maximum absolute atomic E-state index is 13.5. The van der Waals surface area contributed by atoms with E-state index < -0.39 is 17.5 Å². The fourth-order valence-electron chi connectivity index (χ4n) is 2.50. The molecule has 1 unspecified atom stereocenters. The van der Waals surface area contributed by atoms with Crippen molar-refractivity contribution in [2.24, 2.45) is 0 Å². The summed E-state index contributed by atoms with van der Waals surface area (Å²) in [5.74, 6) is -2.03. The molecule has 0 aliphatic carbocycles. The van der Waals surface area contributed by atoms with Gasteiger partial charge in [0.25, 0.3) is 5.91 Å². The number of halogens is 3. The first kappa shape index (κ1) is 17.4. The van der Waals surface area contributed by atoms with Crippen molar-refractivity contribution in [2.75, 3.05) is 18.4 Å².